The predicted octanol–water partition coefficient (Wildman–Crippen LogP) is 3.78. The Balaban J connectivity index is 1.72. The minimum atomic E-state index is 0.252. The van der Waals surface area contributed by atoms with E-state index in [1.807, 2.05) is 6.92 Å². The fourth-order valence-corrected chi connectivity index (χ4v) is 6.39. The third-order valence-corrected chi connectivity index (χ3v) is 5.80. The lowest BCUT2D eigenvalue weighted by Crippen LogP contribution is -2.66. The van der Waals surface area contributed by atoms with E-state index in [9.17, 15) is 0 Å². The van der Waals surface area contributed by atoms with Gasteiger partial charge in [0.2, 0.25) is 0 Å². The first-order valence-corrected chi connectivity index (χ1v) is 8.33. The fraction of sp³-hybridized carbons (Fsp3) is 0.824. The maximum Gasteiger partial charge on any atom is 0.166 e. The van der Waals surface area contributed by atoms with E-state index in [4.69, 9.17) is 12.2 Å². The van der Waals surface area contributed by atoms with Crippen molar-refractivity contribution < 1.29 is 0 Å². The number of rotatable bonds is 3. The van der Waals surface area contributed by atoms with Crippen molar-refractivity contribution in [3.63, 3.8) is 0 Å². The van der Waals surface area contributed by atoms with Crippen LogP contribution >= 0.6 is 12.2 Å². The van der Waals surface area contributed by atoms with Gasteiger partial charge in [-0.3, -0.25) is 0 Å². The second-order valence-electron chi connectivity index (χ2n) is 8.68. The van der Waals surface area contributed by atoms with E-state index in [1.165, 1.54) is 38.5 Å². The molecule has 0 aromatic heterocycles. The Morgan fingerprint density at radius 3 is 2.25 bits per heavy atom. The molecule has 0 heterocycles. The number of hydrogen-bond acceptors (Lipinski definition) is 1. The van der Waals surface area contributed by atoms with Gasteiger partial charge in [0.05, 0.1) is 0 Å². The Hall–Kier alpha value is -0.570. The Bertz CT molecular complexity index is 438. The van der Waals surface area contributed by atoms with Crippen LogP contribution in [0.3, 0.4) is 0 Å². The molecule has 4 aliphatic carbocycles. The third kappa shape index (κ3) is 2.61. The molecule has 2 N–H and O–H groups in total. The molecule has 4 fully saturated rings. The van der Waals surface area contributed by atoms with Crippen molar-refractivity contribution in [2.75, 3.05) is 6.54 Å². The fourth-order valence-electron chi connectivity index (χ4n) is 6.10. The number of hydrogen-bond donors (Lipinski definition) is 2. The van der Waals surface area contributed by atoms with Crippen molar-refractivity contribution in [3.8, 4) is 0 Å². The van der Waals surface area contributed by atoms with Gasteiger partial charge in [-0.1, -0.05) is 26.0 Å². The SMILES string of the molecule is C=C(C)CNC(=S)NC12CC3C[C@@](C)(C1)C[C@](C)(C3)C2. The average molecular weight is 292 g/mol. The van der Waals surface area contributed by atoms with Gasteiger partial charge in [0.1, 0.15) is 0 Å². The van der Waals surface area contributed by atoms with E-state index >= 15 is 0 Å². The minimum absolute atomic E-state index is 0.252. The minimum Gasteiger partial charge on any atom is -0.359 e. The van der Waals surface area contributed by atoms with Crippen molar-refractivity contribution in [1.29, 1.82) is 0 Å². The highest BCUT2D eigenvalue weighted by Crippen LogP contribution is 2.66. The molecule has 0 aliphatic heterocycles. The van der Waals surface area contributed by atoms with Crippen LogP contribution < -0.4 is 10.6 Å². The molecule has 0 radical (unpaired) electrons. The first kappa shape index (κ1) is 14.4. The van der Waals surface area contributed by atoms with Crippen LogP contribution in [0.1, 0.15) is 59.3 Å². The summed E-state index contributed by atoms with van der Waals surface area (Å²) in [5.41, 5.74) is 2.44. The van der Waals surface area contributed by atoms with Crippen LogP contribution in [0.2, 0.25) is 0 Å². The molecule has 4 rings (SSSR count). The molecular formula is C17H28N2S. The normalized spacial score (nSPS) is 45.2. The zero-order valence-electron chi connectivity index (χ0n) is 13.1. The van der Waals surface area contributed by atoms with E-state index < -0.39 is 0 Å². The first-order valence-electron chi connectivity index (χ1n) is 7.92. The molecule has 0 amide bonds. The first-order chi connectivity index (χ1) is 9.22. The summed E-state index contributed by atoms with van der Waals surface area (Å²) in [6, 6.07) is 0. The zero-order valence-corrected chi connectivity index (χ0v) is 14.0. The largest absolute Gasteiger partial charge is 0.359 e. The van der Waals surface area contributed by atoms with Gasteiger partial charge in [-0.05, 0) is 74.4 Å². The smallest absolute Gasteiger partial charge is 0.166 e. The summed E-state index contributed by atoms with van der Waals surface area (Å²) in [5.74, 6) is 0.901. The van der Waals surface area contributed by atoms with Gasteiger partial charge in [-0.2, -0.15) is 0 Å². The van der Waals surface area contributed by atoms with Crippen molar-refractivity contribution in [1.82, 2.24) is 10.6 Å². The predicted molar refractivity (Wildman–Crippen MR) is 88.7 cm³/mol. The lowest BCUT2D eigenvalue weighted by Gasteiger charge is -2.65. The third-order valence-electron chi connectivity index (χ3n) is 5.56. The molecule has 3 heteroatoms. The van der Waals surface area contributed by atoms with Crippen LogP contribution in [-0.4, -0.2) is 17.2 Å². The highest BCUT2D eigenvalue weighted by Gasteiger charge is 2.60. The topological polar surface area (TPSA) is 24.1 Å². The van der Waals surface area contributed by atoms with Gasteiger partial charge in [-0.25, -0.2) is 0 Å². The van der Waals surface area contributed by atoms with Gasteiger partial charge in [0.15, 0.2) is 5.11 Å². The number of nitrogens with one attached hydrogen (secondary N) is 2. The van der Waals surface area contributed by atoms with E-state index in [0.717, 1.165) is 23.1 Å². The van der Waals surface area contributed by atoms with Gasteiger partial charge < -0.3 is 10.6 Å². The lowest BCUT2D eigenvalue weighted by atomic mass is 9.43. The van der Waals surface area contributed by atoms with Crippen molar-refractivity contribution >= 4 is 17.3 Å². The quantitative estimate of drug-likeness (QED) is 0.611. The Morgan fingerprint density at radius 2 is 1.75 bits per heavy atom. The molecule has 2 nitrogen and oxygen atoms in total. The molecule has 2 unspecified atom stereocenters. The van der Waals surface area contributed by atoms with Crippen LogP contribution in [0.4, 0.5) is 0 Å². The molecule has 112 valence electrons. The van der Waals surface area contributed by atoms with Crippen LogP contribution in [-0.2, 0) is 0 Å². The summed E-state index contributed by atoms with van der Waals surface area (Å²) in [6.07, 6.45) is 8.16. The van der Waals surface area contributed by atoms with Crippen LogP contribution in [0.25, 0.3) is 0 Å². The summed E-state index contributed by atoms with van der Waals surface area (Å²) in [7, 11) is 0. The van der Waals surface area contributed by atoms with Crippen molar-refractivity contribution in [2.45, 2.75) is 64.8 Å². The molecule has 0 spiro atoms. The molecular weight excluding hydrogens is 264 g/mol. The van der Waals surface area contributed by atoms with Crippen LogP contribution in [0.5, 0.6) is 0 Å². The summed E-state index contributed by atoms with van der Waals surface area (Å²) in [4.78, 5) is 0. The Labute approximate surface area is 128 Å². The maximum absolute atomic E-state index is 5.52. The molecule has 0 aromatic carbocycles. The molecule has 4 saturated carbocycles. The van der Waals surface area contributed by atoms with Gasteiger partial charge in [0.25, 0.3) is 0 Å². The summed E-state index contributed by atoms with van der Waals surface area (Å²) in [5, 5.41) is 7.83. The van der Waals surface area contributed by atoms with Crippen molar-refractivity contribution in [2.24, 2.45) is 16.7 Å². The van der Waals surface area contributed by atoms with Gasteiger partial charge in [-0.15, -0.1) is 0 Å². The monoisotopic (exact) mass is 292 g/mol. The average Bonchev–Trinajstić information content (AvgIpc) is 2.20. The highest BCUT2D eigenvalue weighted by atomic mass is 32.1. The molecule has 4 atom stereocenters. The Morgan fingerprint density at radius 1 is 1.15 bits per heavy atom. The second-order valence-corrected chi connectivity index (χ2v) is 9.08. The van der Waals surface area contributed by atoms with Gasteiger partial charge >= 0.3 is 0 Å². The standard InChI is InChI=1S/C17H28N2S/c1-12(2)8-18-14(20)19-17-7-13-5-15(3,10-17)9-16(4,6-13)11-17/h13H,1,5-11H2,2-4H3,(H2,18,19,20)/t13?,15-,16+,17?. The maximum atomic E-state index is 5.52. The van der Waals surface area contributed by atoms with Gasteiger partial charge in [0, 0.05) is 12.1 Å². The van der Waals surface area contributed by atoms with E-state index in [2.05, 4.69) is 31.1 Å². The second kappa shape index (κ2) is 4.46. The summed E-state index contributed by atoms with van der Waals surface area (Å²) >= 11 is 5.52. The number of thiocarbonyl (C=S) groups is 1. The van der Waals surface area contributed by atoms with E-state index in [0.29, 0.717) is 10.8 Å². The molecule has 4 bridgehead atoms. The lowest BCUT2D eigenvalue weighted by molar-refractivity contribution is -0.111. The molecule has 0 aromatic rings. The van der Waals surface area contributed by atoms with Crippen molar-refractivity contribution in [3.05, 3.63) is 12.2 Å². The highest BCUT2D eigenvalue weighted by molar-refractivity contribution is 7.80. The summed E-state index contributed by atoms with van der Waals surface area (Å²) in [6.45, 7) is 11.7. The van der Waals surface area contributed by atoms with Crippen LogP contribution in [0.15, 0.2) is 12.2 Å². The zero-order chi connectivity index (χ0) is 14.6. The molecule has 4 aliphatic rings. The van der Waals surface area contributed by atoms with E-state index in [-0.39, 0.29) is 5.54 Å². The van der Waals surface area contributed by atoms with E-state index in [1.54, 1.807) is 0 Å². The van der Waals surface area contributed by atoms with Crippen LogP contribution in [0, 0.1) is 16.7 Å². The molecule has 0 saturated heterocycles. The summed E-state index contributed by atoms with van der Waals surface area (Å²) < 4.78 is 0. The molecule has 20 heavy (non-hydrogen) atoms. The Kier molecular flexibility index (Phi) is 3.20.